The summed E-state index contributed by atoms with van der Waals surface area (Å²) in [6, 6.07) is 0.295. The van der Waals surface area contributed by atoms with Gasteiger partial charge >= 0.3 is 0 Å². The lowest BCUT2D eigenvalue weighted by atomic mass is 9.68. The van der Waals surface area contributed by atoms with E-state index in [4.69, 9.17) is 9.47 Å². The SMILES string of the molecule is CCOC1(C(COC)NC)CCC(C)(C)CC1. The Labute approximate surface area is 106 Å². The van der Waals surface area contributed by atoms with Crippen LogP contribution >= 0.6 is 0 Å². The van der Waals surface area contributed by atoms with Crippen LogP contribution in [0.4, 0.5) is 0 Å². The molecule has 0 saturated heterocycles. The largest absolute Gasteiger partial charge is 0.383 e. The van der Waals surface area contributed by atoms with Crippen LogP contribution in [0, 0.1) is 5.41 Å². The molecule has 1 fully saturated rings. The predicted molar refractivity (Wildman–Crippen MR) is 71.3 cm³/mol. The standard InChI is InChI=1S/C14H29NO2/c1-6-17-14(12(15-4)11-16-5)9-7-13(2,3)8-10-14/h12,15H,6-11H2,1-5H3. The molecule has 1 aliphatic carbocycles. The predicted octanol–water partition coefficient (Wildman–Crippen LogP) is 2.60. The van der Waals surface area contributed by atoms with Crippen LogP contribution in [0.3, 0.4) is 0 Å². The lowest BCUT2D eigenvalue weighted by molar-refractivity contribution is -0.115. The van der Waals surface area contributed by atoms with Crippen LogP contribution in [-0.2, 0) is 9.47 Å². The zero-order valence-corrected chi connectivity index (χ0v) is 12.1. The Morgan fingerprint density at radius 1 is 1.18 bits per heavy atom. The molecular weight excluding hydrogens is 214 g/mol. The van der Waals surface area contributed by atoms with Crippen molar-refractivity contribution in [1.29, 1.82) is 0 Å². The van der Waals surface area contributed by atoms with E-state index in [1.165, 1.54) is 12.8 Å². The number of rotatable bonds is 6. The van der Waals surface area contributed by atoms with Gasteiger partial charge in [0.1, 0.15) is 0 Å². The third kappa shape index (κ3) is 3.67. The van der Waals surface area contributed by atoms with Crippen LogP contribution in [0.1, 0.15) is 46.5 Å². The van der Waals surface area contributed by atoms with Gasteiger partial charge in [-0.1, -0.05) is 13.8 Å². The maximum atomic E-state index is 6.13. The Hall–Kier alpha value is -0.120. The van der Waals surface area contributed by atoms with Crippen molar-refractivity contribution in [1.82, 2.24) is 5.32 Å². The summed E-state index contributed by atoms with van der Waals surface area (Å²) in [6.07, 6.45) is 4.72. The first-order chi connectivity index (χ1) is 7.99. The molecule has 3 heteroatoms. The first-order valence-electron chi connectivity index (χ1n) is 6.80. The summed E-state index contributed by atoms with van der Waals surface area (Å²) in [5, 5.41) is 3.38. The Balaban J connectivity index is 2.75. The van der Waals surface area contributed by atoms with Gasteiger partial charge in [-0.25, -0.2) is 0 Å². The molecule has 0 aromatic heterocycles. The maximum absolute atomic E-state index is 6.13. The molecule has 1 saturated carbocycles. The average Bonchev–Trinajstić information content (AvgIpc) is 2.30. The van der Waals surface area contributed by atoms with Gasteiger partial charge in [0.05, 0.1) is 18.2 Å². The molecule has 1 N–H and O–H groups in total. The van der Waals surface area contributed by atoms with Gasteiger partial charge < -0.3 is 14.8 Å². The number of hydrogen-bond acceptors (Lipinski definition) is 3. The molecule has 0 aromatic rings. The molecule has 1 rings (SSSR count). The molecule has 102 valence electrons. The van der Waals surface area contributed by atoms with E-state index in [1.54, 1.807) is 7.11 Å². The minimum Gasteiger partial charge on any atom is -0.383 e. The Bertz CT molecular complexity index is 218. The molecule has 0 radical (unpaired) electrons. The number of hydrogen-bond donors (Lipinski definition) is 1. The second kappa shape index (κ2) is 6.17. The first-order valence-corrected chi connectivity index (χ1v) is 6.80. The fourth-order valence-corrected chi connectivity index (χ4v) is 2.90. The molecule has 1 atom stereocenters. The fraction of sp³-hybridized carbons (Fsp3) is 1.00. The fourth-order valence-electron chi connectivity index (χ4n) is 2.90. The lowest BCUT2D eigenvalue weighted by Gasteiger charge is -2.47. The van der Waals surface area contributed by atoms with Gasteiger partial charge in [-0.15, -0.1) is 0 Å². The zero-order chi connectivity index (χ0) is 12.9. The second-order valence-corrected chi connectivity index (χ2v) is 5.96. The van der Waals surface area contributed by atoms with E-state index in [9.17, 15) is 0 Å². The lowest BCUT2D eigenvalue weighted by Crippen LogP contribution is -2.56. The van der Waals surface area contributed by atoms with Gasteiger partial charge in [0, 0.05) is 13.7 Å². The smallest absolute Gasteiger partial charge is 0.0857 e. The van der Waals surface area contributed by atoms with Crippen LogP contribution in [0.25, 0.3) is 0 Å². The van der Waals surface area contributed by atoms with Crippen LogP contribution in [0.2, 0.25) is 0 Å². The van der Waals surface area contributed by atoms with Crippen molar-refractivity contribution < 1.29 is 9.47 Å². The van der Waals surface area contributed by atoms with Crippen molar-refractivity contribution in [2.24, 2.45) is 5.41 Å². The van der Waals surface area contributed by atoms with Crippen molar-refractivity contribution in [3.05, 3.63) is 0 Å². The Morgan fingerprint density at radius 3 is 2.18 bits per heavy atom. The molecule has 1 aliphatic rings. The van der Waals surface area contributed by atoms with Gasteiger partial charge in [-0.2, -0.15) is 0 Å². The van der Waals surface area contributed by atoms with E-state index < -0.39 is 0 Å². The van der Waals surface area contributed by atoms with Crippen molar-refractivity contribution >= 4 is 0 Å². The molecular formula is C14H29NO2. The van der Waals surface area contributed by atoms with Gasteiger partial charge in [-0.3, -0.25) is 0 Å². The van der Waals surface area contributed by atoms with E-state index in [-0.39, 0.29) is 5.60 Å². The molecule has 0 bridgehead atoms. The summed E-state index contributed by atoms with van der Waals surface area (Å²) in [5.41, 5.74) is 0.432. The first kappa shape index (κ1) is 14.9. The molecule has 0 heterocycles. The zero-order valence-electron chi connectivity index (χ0n) is 12.1. The molecule has 0 aliphatic heterocycles. The van der Waals surface area contributed by atoms with Crippen molar-refractivity contribution in [3.8, 4) is 0 Å². The van der Waals surface area contributed by atoms with Gasteiger partial charge in [0.15, 0.2) is 0 Å². The average molecular weight is 243 g/mol. The van der Waals surface area contributed by atoms with Crippen LogP contribution in [0.15, 0.2) is 0 Å². The van der Waals surface area contributed by atoms with Crippen LogP contribution in [0.5, 0.6) is 0 Å². The van der Waals surface area contributed by atoms with Crippen LogP contribution in [-0.4, -0.2) is 39.0 Å². The summed E-state index contributed by atoms with van der Waals surface area (Å²) in [7, 11) is 3.76. The second-order valence-electron chi connectivity index (χ2n) is 5.96. The summed E-state index contributed by atoms with van der Waals surface area (Å²) < 4.78 is 11.5. The van der Waals surface area contributed by atoms with Crippen molar-refractivity contribution in [2.75, 3.05) is 27.4 Å². The van der Waals surface area contributed by atoms with E-state index in [2.05, 4.69) is 26.1 Å². The highest BCUT2D eigenvalue weighted by molar-refractivity contribution is 4.98. The monoisotopic (exact) mass is 243 g/mol. The minimum atomic E-state index is -0.0327. The Morgan fingerprint density at radius 2 is 1.76 bits per heavy atom. The third-order valence-corrected chi connectivity index (χ3v) is 4.20. The molecule has 0 amide bonds. The minimum absolute atomic E-state index is 0.0327. The highest BCUT2D eigenvalue weighted by Crippen LogP contribution is 2.43. The molecule has 0 aromatic carbocycles. The number of methoxy groups -OCH3 is 1. The van der Waals surface area contributed by atoms with E-state index in [1.807, 2.05) is 7.05 Å². The third-order valence-electron chi connectivity index (χ3n) is 4.20. The summed E-state index contributed by atoms with van der Waals surface area (Å²) in [4.78, 5) is 0. The number of likely N-dealkylation sites (N-methyl/N-ethyl adjacent to an activating group) is 1. The quantitative estimate of drug-likeness (QED) is 0.778. The summed E-state index contributed by atoms with van der Waals surface area (Å²) >= 11 is 0. The Kier molecular flexibility index (Phi) is 5.42. The normalized spacial score (nSPS) is 24.5. The van der Waals surface area contributed by atoms with E-state index in [0.717, 1.165) is 26.1 Å². The van der Waals surface area contributed by atoms with Gasteiger partial charge in [0.2, 0.25) is 0 Å². The van der Waals surface area contributed by atoms with Crippen molar-refractivity contribution in [2.45, 2.75) is 58.1 Å². The molecule has 0 spiro atoms. The molecule has 17 heavy (non-hydrogen) atoms. The van der Waals surface area contributed by atoms with E-state index >= 15 is 0 Å². The topological polar surface area (TPSA) is 30.5 Å². The highest BCUT2D eigenvalue weighted by Gasteiger charge is 2.44. The summed E-state index contributed by atoms with van der Waals surface area (Å²) in [5.74, 6) is 0. The molecule has 1 unspecified atom stereocenters. The maximum Gasteiger partial charge on any atom is 0.0857 e. The van der Waals surface area contributed by atoms with E-state index in [0.29, 0.717) is 11.5 Å². The number of nitrogens with one attached hydrogen (secondary N) is 1. The highest BCUT2D eigenvalue weighted by atomic mass is 16.5. The molecule has 3 nitrogen and oxygen atoms in total. The van der Waals surface area contributed by atoms with Gasteiger partial charge in [-0.05, 0) is 45.1 Å². The summed E-state index contributed by atoms with van der Waals surface area (Å²) in [6.45, 7) is 8.29. The number of ether oxygens (including phenoxy) is 2. The van der Waals surface area contributed by atoms with Crippen LogP contribution < -0.4 is 5.32 Å². The van der Waals surface area contributed by atoms with Crippen molar-refractivity contribution in [3.63, 3.8) is 0 Å². The van der Waals surface area contributed by atoms with Gasteiger partial charge in [0.25, 0.3) is 0 Å².